The first-order valence-electron chi connectivity index (χ1n) is 24.0. The lowest BCUT2D eigenvalue weighted by Gasteiger charge is -2.47. The molecule has 6 heterocycles. The number of aryl methyl sites for hydroxylation is 1. The minimum atomic E-state index is -0.882. The summed E-state index contributed by atoms with van der Waals surface area (Å²) in [6.45, 7) is 9.53. The number of aliphatic hydroxyl groups is 1. The molecule has 3 aliphatic carbocycles. The quantitative estimate of drug-likeness (QED) is 0.105. The summed E-state index contributed by atoms with van der Waals surface area (Å²) >= 11 is 1.59. The molecular weight excluding hydrogens is 879 g/mol. The molecule has 3 saturated heterocycles. The van der Waals surface area contributed by atoms with Crippen molar-refractivity contribution in [1.29, 1.82) is 0 Å². The second kappa shape index (κ2) is 18.4. The highest BCUT2D eigenvalue weighted by atomic mass is 32.1. The Kier molecular flexibility index (Phi) is 12.3. The molecule has 5 aromatic rings. The van der Waals surface area contributed by atoms with Gasteiger partial charge in [-0.2, -0.15) is 0 Å². The van der Waals surface area contributed by atoms with Gasteiger partial charge in [-0.15, -0.1) is 21.5 Å². The van der Waals surface area contributed by atoms with E-state index in [2.05, 4.69) is 35.6 Å². The third kappa shape index (κ3) is 8.86. The maximum absolute atomic E-state index is 14.5. The number of aromatic nitrogens is 5. The maximum atomic E-state index is 14.5. The molecule has 11 rings (SSSR count). The summed E-state index contributed by atoms with van der Waals surface area (Å²) in [4.78, 5) is 63.9. The van der Waals surface area contributed by atoms with Crippen molar-refractivity contribution in [2.45, 2.75) is 115 Å². The number of nitrogens with one attached hydrogen (secondary N) is 2. The molecular formula is C51H61N11O5S. The van der Waals surface area contributed by atoms with Crippen LogP contribution in [0.4, 0.5) is 17.5 Å². The molecule has 4 bridgehead atoms. The second-order valence-corrected chi connectivity index (χ2v) is 21.6. The molecule has 3 amide bonds. The Morgan fingerprint density at radius 2 is 1.60 bits per heavy atom. The van der Waals surface area contributed by atoms with Gasteiger partial charge < -0.3 is 41.3 Å². The zero-order valence-corrected chi connectivity index (χ0v) is 39.9. The molecule has 6 aliphatic rings. The highest BCUT2D eigenvalue weighted by Crippen LogP contribution is 2.52. The summed E-state index contributed by atoms with van der Waals surface area (Å²) in [6.07, 6.45) is 8.81. The number of benzene rings is 2. The van der Waals surface area contributed by atoms with Crippen molar-refractivity contribution in [3.8, 4) is 27.4 Å². The molecule has 0 spiro atoms. The van der Waals surface area contributed by atoms with Gasteiger partial charge in [-0.25, -0.2) is 15.0 Å². The Hall–Kier alpha value is -6.20. The smallest absolute Gasteiger partial charge is 0.246 e. The fourth-order valence-corrected chi connectivity index (χ4v) is 12.6. The number of hydrogen-bond donors (Lipinski definition) is 5. The van der Waals surface area contributed by atoms with Gasteiger partial charge in [-0.1, -0.05) is 57.2 Å². The van der Waals surface area contributed by atoms with Gasteiger partial charge in [0, 0.05) is 68.6 Å². The number of amides is 3. The minimum Gasteiger partial charge on any atom is -0.507 e. The van der Waals surface area contributed by atoms with E-state index >= 15 is 0 Å². The Bertz CT molecular complexity index is 2660. The van der Waals surface area contributed by atoms with Crippen LogP contribution in [-0.4, -0.2) is 108 Å². The number of anilines is 3. The number of nitrogens with two attached hydrogens (primary N) is 1. The molecule has 9 atom stereocenters. The number of aromatic hydroxyl groups is 1. The standard InChI is InChI=1S/C51H61N11O5S/c1-28-44(68-27-56-28)30-11-9-29(10-12-30)21-53-48(66)42-19-36(63)26-61(42)49(67)45(51(2,3)4)57-47(65)39-18-31-13-14-32(39)17-38(31)33-22-54-50(55-23-33)62-34-15-16-35(62)25-60(24-34)41-20-40(58-59-46(41)52)37-7-5-6-8-43(37)64/h5-12,20,22-23,27,31-32,34-36,38-39,42,45,63-64H,13-19,21,24-26H2,1-4H3,(H2,52,59)(H,53,66)(H,57,65)/t31?,32?,34?,35?,36-,38+,39-,42+,45-/m1/s1. The lowest BCUT2D eigenvalue weighted by atomic mass is 9.58. The highest BCUT2D eigenvalue weighted by Gasteiger charge is 2.49. The molecule has 17 heteroatoms. The van der Waals surface area contributed by atoms with E-state index in [-0.39, 0.29) is 78.7 Å². The van der Waals surface area contributed by atoms with Crippen LogP contribution in [0.25, 0.3) is 21.7 Å². The Labute approximate surface area is 400 Å². The summed E-state index contributed by atoms with van der Waals surface area (Å²) < 4.78 is 0. The second-order valence-electron chi connectivity index (χ2n) is 20.7. The van der Waals surface area contributed by atoms with Gasteiger partial charge in [0.05, 0.1) is 33.6 Å². The van der Waals surface area contributed by atoms with E-state index in [4.69, 9.17) is 15.7 Å². The van der Waals surface area contributed by atoms with E-state index in [1.807, 2.05) is 88.1 Å². The number of hydrogen-bond acceptors (Lipinski definition) is 14. The molecule has 356 valence electrons. The number of carbonyl (C=O) groups is 3. The molecule has 0 radical (unpaired) electrons. The molecule has 68 heavy (non-hydrogen) atoms. The minimum absolute atomic E-state index is 0.0254. The number of piperazine rings is 1. The van der Waals surface area contributed by atoms with Crippen LogP contribution < -0.4 is 26.2 Å². The van der Waals surface area contributed by atoms with Crippen LogP contribution in [-0.2, 0) is 20.9 Å². The van der Waals surface area contributed by atoms with Crippen LogP contribution in [0, 0.1) is 30.1 Å². The van der Waals surface area contributed by atoms with Gasteiger partial charge in [0.25, 0.3) is 0 Å². The Morgan fingerprint density at radius 3 is 2.26 bits per heavy atom. The number of rotatable bonds is 11. The van der Waals surface area contributed by atoms with Crippen molar-refractivity contribution < 1.29 is 24.6 Å². The third-order valence-electron chi connectivity index (χ3n) is 15.3. The number of phenolic OH excluding ortho intramolecular Hbond substituents is 1. The number of nitrogens with zero attached hydrogens (tertiary/aromatic N) is 8. The summed E-state index contributed by atoms with van der Waals surface area (Å²) in [5, 5.41) is 35.9. The fourth-order valence-electron chi connectivity index (χ4n) is 11.7. The van der Waals surface area contributed by atoms with Crippen molar-refractivity contribution in [1.82, 2.24) is 40.7 Å². The predicted molar refractivity (Wildman–Crippen MR) is 260 cm³/mol. The topological polar surface area (TPSA) is 216 Å². The summed E-state index contributed by atoms with van der Waals surface area (Å²) in [6, 6.07) is 15.6. The van der Waals surface area contributed by atoms with E-state index in [0.29, 0.717) is 17.1 Å². The number of fused-ring (bicyclic) bond motifs is 5. The molecule has 2 aromatic carbocycles. The summed E-state index contributed by atoms with van der Waals surface area (Å²) in [5.74, 6) is 0.868. The van der Waals surface area contributed by atoms with Crippen molar-refractivity contribution >= 4 is 46.5 Å². The van der Waals surface area contributed by atoms with Crippen LogP contribution in [0.3, 0.4) is 0 Å². The third-order valence-corrected chi connectivity index (χ3v) is 16.3. The first-order chi connectivity index (χ1) is 32.7. The van der Waals surface area contributed by atoms with E-state index < -0.39 is 23.6 Å². The van der Waals surface area contributed by atoms with Crippen LogP contribution in [0.5, 0.6) is 5.75 Å². The number of aliphatic hydroxyl groups excluding tert-OH is 1. The lowest BCUT2D eigenvalue weighted by molar-refractivity contribution is -0.145. The van der Waals surface area contributed by atoms with Gasteiger partial charge in [-0.3, -0.25) is 14.4 Å². The number of thiazole rings is 1. The average molecular weight is 940 g/mol. The number of likely N-dealkylation sites (tertiary alicyclic amines) is 1. The fraction of sp³-hybridized carbons (Fsp3) is 0.490. The molecule has 6 fully saturated rings. The van der Waals surface area contributed by atoms with Crippen LogP contribution >= 0.6 is 11.3 Å². The van der Waals surface area contributed by atoms with E-state index in [9.17, 15) is 24.6 Å². The average Bonchev–Trinajstić information content (AvgIpc) is 4.03. The van der Waals surface area contributed by atoms with Crippen molar-refractivity contribution in [2.24, 2.45) is 23.2 Å². The van der Waals surface area contributed by atoms with Crippen LogP contribution in [0.1, 0.15) is 88.5 Å². The van der Waals surface area contributed by atoms with Gasteiger partial charge in [0.1, 0.15) is 17.8 Å². The molecule has 3 aliphatic heterocycles. The van der Waals surface area contributed by atoms with Gasteiger partial charge in [0.15, 0.2) is 5.82 Å². The number of β-amino-alcohol motifs (C(OH)–C–C–N with tert-alkyl or cyclic N) is 1. The SMILES string of the molecule is Cc1ncsc1-c1ccc(CNC(=O)[C@@H]2C[C@@H](O)CN2C(=O)[C@@H](NC(=O)[C@@H]2CC3CCC2C[C@@H]3c2cnc(N3C4CCC3CN(c3cc(-c5ccccc5O)nnc3N)C4)nc2)C(C)(C)C)cc1. The summed E-state index contributed by atoms with van der Waals surface area (Å²) in [5.41, 5.74) is 13.6. The molecule has 3 saturated carbocycles. The van der Waals surface area contributed by atoms with Crippen molar-refractivity contribution in [2.75, 3.05) is 35.2 Å². The molecule has 4 unspecified atom stereocenters. The number of para-hydroxylation sites is 1. The number of nitrogen functional groups attached to an aromatic ring is 1. The highest BCUT2D eigenvalue weighted by molar-refractivity contribution is 7.13. The first-order valence-corrected chi connectivity index (χ1v) is 24.9. The van der Waals surface area contributed by atoms with Gasteiger partial charge >= 0.3 is 0 Å². The van der Waals surface area contributed by atoms with Gasteiger partial charge in [0.2, 0.25) is 23.7 Å². The summed E-state index contributed by atoms with van der Waals surface area (Å²) in [7, 11) is 0. The van der Waals surface area contributed by atoms with Crippen molar-refractivity contribution in [3.63, 3.8) is 0 Å². The molecule has 3 aromatic heterocycles. The van der Waals surface area contributed by atoms with E-state index in [1.165, 1.54) is 4.90 Å². The van der Waals surface area contributed by atoms with Crippen LogP contribution in [0.15, 0.2) is 72.5 Å². The Balaban J connectivity index is 0.757. The zero-order chi connectivity index (χ0) is 47.4. The first kappa shape index (κ1) is 45.6. The largest absolute Gasteiger partial charge is 0.507 e. The number of carbonyl (C=O) groups excluding carboxylic acids is 3. The molecule has 6 N–H and O–H groups in total. The Morgan fingerprint density at radius 1 is 0.882 bits per heavy atom. The van der Waals surface area contributed by atoms with Gasteiger partial charge in [-0.05, 0) is 104 Å². The lowest BCUT2D eigenvalue weighted by Crippen LogP contribution is -2.59. The zero-order valence-electron chi connectivity index (χ0n) is 39.1. The van der Waals surface area contributed by atoms with Crippen molar-refractivity contribution in [3.05, 3.63) is 89.3 Å². The maximum Gasteiger partial charge on any atom is 0.246 e. The van der Waals surface area contributed by atoms with Crippen LogP contribution in [0.2, 0.25) is 0 Å². The normalized spacial score (nSPS) is 25.9. The predicted octanol–water partition coefficient (Wildman–Crippen LogP) is 5.84. The van der Waals surface area contributed by atoms with E-state index in [0.717, 1.165) is 90.5 Å². The van der Waals surface area contributed by atoms with E-state index in [1.54, 1.807) is 23.5 Å². The monoisotopic (exact) mass is 939 g/mol. The molecule has 16 nitrogen and oxygen atoms in total. The number of phenols is 1.